The van der Waals surface area contributed by atoms with Gasteiger partial charge < -0.3 is 0 Å². The van der Waals surface area contributed by atoms with Crippen LogP contribution in [0.2, 0.25) is 0 Å². The van der Waals surface area contributed by atoms with Crippen LogP contribution in [0.5, 0.6) is 0 Å². The quantitative estimate of drug-likeness (QED) is 0.213. The van der Waals surface area contributed by atoms with Crippen LogP contribution in [0.15, 0.2) is 145 Å². The molecule has 0 atom stereocenters. The monoisotopic (exact) mass is 496 g/mol. The Labute approximate surface area is 244 Å². The Balaban J connectivity index is 1.48. The molecule has 0 radical (unpaired) electrons. The van der Waals surface area contributed by atoms with Gasteiger partial charge in [-0.25, -0.2) is 0 Å². The molecule has 0 bridgehead atoms. The third-order valence-electron chi connectivity index (χ3n) is 6.78. The van der Waals surface area contributed by atoms with E-state index in [1.807, 2.05) is 0 Å². The molecule has 0 aromatic heterocycles. The minimum absolute atomic E-state index is 0.00397. The van der Waals surface area contributed by atoms with E-state index in [1.165, 1.54) is 0 Å². The SMILES string of the molecule is [2H]c1c([2H])c([2H])c2c(-c3ccccc3-c3cccc(-c4c([2H])c([2H])c5c([2H])c([2H])c6c([2H])c([2H])c([2H])c7c([2H])c([2H])c4c5c67)c3)c([2H])c([2H])c([2H])c2c1[2H]. The van der Waals surface area contributed by atoms with E-state index in [9.17, 15) is 1.37 Å². The van der Waals surface area contributed by atoms with E-state index in [4.69, 9.17) is 20.6 Å². The summed E-state index contributed by atoms with van der Waals surface area (Å²) in [5, 5.41) is -0.626. The molecule has 0 saturated heterocycles. The van der Waals surface area contributed by atoms with Gasteiger partial charge in [-0.1, -0.05) is 139 Å². The van der Waals surface area contributed by atoms with Crippen molar-refractivity contribution in [1.82, 2.24) is 0 Å². The van der Waals surface area contributed by atoms with Gasteiger partial charge in [0.25, 0.3) is 0 Å². The molecule has 0 N–H and O–H groups in total. The van der Waals surface area contributed by atoms with Crippen molar-refractivity contribution in [3.8, 4) is 33.4 Å². The second-order valence-corrected chi connectivity index (χ2v) is 8.88. The predicted octanol–water partition coefficient (Wildman–Crippen LogP) is 10.7. The summed E-state index contributed by atoms with van der Waals surface area (Å²) in [6.45, 7) is 0. The van der Waals surface area contributed by atoms with Gasteiger partial charge in [-0.15, -0.1) is 0 Å². The number of fused-ring (bicyclic) bond motifs is 1. The van der Waals surface area contributed by atoms with Crippen molar-refractivity contribution in [2.45, 2.75) is 0 Å². The fourth-order valence-corrected chi connectivity index (χ4v) is 5.09. The maximum atomic E-state index is 9.19. The Kier molecular flexibility index (Phi) is 2.36. The fourth-order valence-electron chi connectivity index (χ4n) is 5.09. The van der Waals surface area contributed by atoms with E-state index in [2.05, 4.69) is 0 Å². The van der Waals surface area contributed by atoms with Gasteiger partial charge in [0.15, 0.2) is 0 Å². The third kappa shape index (κ3) is 3.17. The van der Waals surface area contributed by atoms with Gasteiger partial charge in [0.05, 0.1) is 21.9 Å². The molecule has 8 rings (SSSR count). The van der Waals surface area contributed by atoms with Crippen molar-refractivity contribution < 1.29 is 21.9 Å². The molecule has 0 heterocycles. The summed E-state index contributed by atoms with van der Waals surface area (Å²) >= 11 is 0. The Bertz CT molecular complexity index is 2970. The molecule has 0 aliphatic rings. The Hall–Kier alpha value is -4.94. The highest BCUT2D eigenvalue weighted by Crippen LogP contribution is 2.41. The van der Waals surface area contributed by atoms with Crippen LogP contribution in [0.3, 0.4) is 0 Å². The van der Waals surface area contributed by atoms with Crippen molar-refractivity contribution in [3.05, 3.63) is 145 Å². The van der Waals surface area contributed by atoms with Gasteiger partial charge in [0.2, 0.25) is 0 Å². The molecular formula is C38H24. The standard InChI is InChI=1S/C38H24/c1-2-14-31-25(8-1)9-7-17-35(31)34-16-4-3-15-32(34)29-12-6-13-30(24-29)33-22-20-28-19-18-26-10-5-11-27-21-23-36(33)38(28)37(26)27/h1-24H/i1D,2D,5D,7D,8D,9D,10D,11D,14D,17D,18D,19D,20D,21D,22D,23D. The second-order valence-electron chi connectivity index (χ2n) is 8.88. The lowest BCUT2D eigenvalue weighted by atomic mass is 9.88. The summed E-state index contributed by atoms with van der Waals surface area (Å²) in [6.07, 6.45) is 0. The highest BCUT2D eigenvalue weighted by atomic mass is 14.2. The van der Waals surface area contributed by atoms with Gasteiger partial charge in [-0.05, 0) is 82.5 Å². The molecule has 0 heteroatoms. The largest absolute Gasteiger partial charge is 0.0630 e. The molecule has 0 nitrogen and oxygen atoms in total. The second kappa shape index (κ2) is 8.30. The summed E-state index contributed by atoms with van der Waals surface area (Å²) in [4.78, 5) is 0. The number of rotatable bonds is 3. The maximum Gasteiger partial charge on any atom is 0.0630 e. The first-order valence-corrected chi connectivity index (χ1v) is 11.9. The molecule has 0 aliphatic carbocycles. The Morgan fingerprint density at radius 3 is 1.87 bits per heavy atom. The van der Waals surface area contributed by atoms with E-state index in [-0.39, 0.29) is 54.2 Å². The summed E-state index contributed by atoms with van der Waals surface area (Å²) in [6, 6.07) is 5.57. The smallest absolute Gasteiger partial charge is 0.0616 e. The Morgan fingerprint density at radius 1 is 0.368 bits per heavy atom. The average molecular weight is 497 g/mol. The molecule has 0 aliphatic heterocycles. The van der Waals surface area contributed by atoms with Crippen molar-refractivity contribution >= 4 is 43.1 Å². The van der Waals surface area contributed by atoms with Gasteiger partial charge in [0.1, 0.15) is 0 Å². The third-order valence-corrected chi connectivity index (χ3v) is 6.78. The van der Waals surface area contributed by atoms with E-state index in [0.29, 0.717) is 22.3 Å². The summed E-state index contributed by atoms with van der Waals surface area (Å²) in [7, 11) is 0. The molecule has 8 aromatic rings. The zero-order chi connectivity index (χ0) is 39.0. The van der Waals surface area contributed by atoms with Gasteiger partial charge in [-0.3, -0.25) is 0 Å². The first-order valence-electron chi connectivity index (χ1n) is 19.9. The molecule has 0 spiro atoms. The molecular weight excluding hydrogens is 456 g/mol. The first-order chi connectivity index (χ1) is 25.5. The highest BCUT2D eigenvalue weighted by molar-refractivity contribution is 6.25. The molecule has 8 aromatic carbocycles. The number of hydrogen-bond acceptors (Lipinski definition) is 0. The summed E-state index contributed by atoms with van der Waals surface area (Å²) < 4.78 is 139. The van der Waals surface area contributed by atoms with Gasteiger partial charge in [0, 0.05) is 0 Å². The maximum absolute atomic E-state index is 9.19. The zero-order valence-corrected chi connectivity index (χ0v) is 19.6. The molecule has 176 valence electrons. The highest BCUT2D eigenvalue weighted by Gasteiger charge is 2.14. The van der Waals surface area contributed by atoms with Crippen molar-refractivity contribution in [3.63, 3.8) is 0 Å². The van der Waals surface area contributed by atoms with Crippen molar-refractivity contribution in [2.24, 2.45) is 0 Å². The normalized spacial score (nSPS) is 17.6. The van der Waals surface area contributed by atoms with Crippen molar-refractivity contribution in [2.75, 3.05) is 0 Å². The Morgan fingerprint density at radius 2 is 1.00 bits per heavy atom. The van der Waals surface area contributed by atoms with E-state index in [1.54, 1.807) is 48.5 Å². The van der Waals surface area contributed by atoms with Crippen LogP contribution in [0.4, 0.5) is 0 Å². The van der Waals surface area contributed by atoms with Crippen LogP contribution in [0.1, 0.15) is 21.9 Å². The van der Waals surface area contributed by atoms with Crippen LogP contribution in [0, 0.1) is 0 Å². The minimum Gasteiger partial charge on any atom is -0.0616 e. The van der Waals surface area contributed by atoms with Crippen LogP contribution in [0.25, 0.3) is 76.5 Å². The molecule has 0 saturated carbocycles. The molecule has 0 fully saturated rings. The average Bonchev–Trinajstić information content (AvgIpc) is 3.16. The van der Waals surface area contributed by atoms with Crippen LogP contribution in [-0.2, 0) is 0 Å². The lowest BCUT2D eigenvalue weighted by Crippen LogP contribution is -1.89. The summed E-state index contributed by atoms with van der Waals surface area (Å²) in [5.74, 6) is 0. The lowest BCUT2D eigenvalue weighted by molar-refractivity contribution is 1.59. The zero-order valence-electron chi connectivity index (χ0n) is 35.6. The van der Waals surface area contributed by atoms with Gasteiger partial charge >= 0.3 is 0 Å². The van der Waals surface area contributed by atoms with E-state index >= 15 is 0 Å². The molecule has 38 heavy (non-hydrogen) atoms. The number of hydrogen-bond donors (Lipinski definition) is 0. The number of benzene rings is 8. The predicted molar refractivity (Wildman–Crippen MR) is 164 cm³/mol. The van der Waals surface area contributed by atoms with Crippen molar-refractivity contribution in [1.29, 1.82) is 0 Å². The molecule has 0 amide bonds. The fraction of sp³-hybridized carbons (Fsp3) is 0. The topological polar surface area (TPSA) is 0 Å². The van der Waals surface area contributed by atoms with Crippen LogP contribution >= 0.6 is 0 Å². The first kappa shape index (κ1) is 10.8. The van der Waals surface area contributed by atoms with Crippen LogP contribution in [-0.4, -0.2) is 0 Å². The lowest BCUT2D eigenvalue weighted by Gasteiger charge is -2.16. The molecule has 0 unspecified atom stereocenters. The van der Waals surface area contributed by atoms with E-state index in [0.717, 1.165) is 0 Å². The summed E-state index contributed by atoms with van der Waals surface area (Å²) in [5.41, 5.74) is 1.62. The van der Waals surface area contributed by atoms with Crippen LogP contribution < -0.4 is 0 Å². The van der Waals surface area contributed by atoms with Gasteiger partial charge in [-0.2, -0.15) is 0 Å². The van der Waals surface area contributed by atoms with E-state index < -0.39 is 96.7 Å². The minimum atomic E-state index is -0.572.